The van der Waals surface area contributed by atoms with Crippen molar-refractivity contribution in [1.82, 2.24) is 4.98 Å². The summed E-state index contributed by atoms with van der Waals surface area (Å²) in [6.07, 6.45) is 3.89. The molecule has 1 atom stereocenters. The van der Waals surface area contributed by atoms with Crippen LogP contribution < -0.4 is 15.1 Å². The number of hydrogen-bond acceptors (Lipinski definition) is 4. The van der Waals surface area contributed by atoms with Crippen molar-refractivity contribution in [2.45, 2.75) is 6.29 Å². The Hall–Kier alpha value is -2.23. The molecule has 0 spiro atoms. The number of pyridine rings is 1. The van der Waals surface area contributed by atoms with Crippen LogP contribution in [-0.2, 0) is 0 Å². The van der Waals surface area contributed by atoms with Gasteiger partial charge in [0.2, 0.25) is 0 Å². The van der Waals surface area contributed by atoms with Crippen LogP contribution in [-0.4, -0.2) is 18.3 Å². The Bertz CT molecular complexity index is 595. The molecule has 0 saturated heterocycles. The van der Waals surface area contributed by atoms with Crippen LogP contribution in [0.4, 0.5) is 22.7 Å². The lowest BCUT2D eigenvalue weighted by atomic mass is 10.2. The summed E-state index contributed by atoms with van der Waals surface area (Å²) < 4.78 is 0. The molecule has 84 valence electrons. The smallest absolute Gasteiger partial charge is 0.183 e. The average molecular weight is 224 g/mol. The van der Waals surface area contributed by atoms with E-state index < -0.39 is 0 Å². The van der Waals surface area contributed by atoms with Crippen molar-refractivity contribution in [2.24, 2.45) is 0 Å². The molecule has 4 nitrogen and oxygen atoms in total. The number of anilines is 4. The molecule has 17 heavy (non-hydrogen) atoms. The third-order valence-electron chi connectivity index (χ3n) is 3.47. The SMILES string of the molecule is CN1c2ccccc2N2c3ccncc3NC12. The minimum absolute atomic E-state index is 0.173. The first-order chi connectivity index (χ1) is 8.36. The first-order valence-electron chi connectivity index (χ1n) is 5.68. The van der Waals surface area contributed by atoms with Gasteiger partial charge in [0.05, 0.1) is 28.9 Å². The maximum Gasteiger partial charge on any atom is 0.183 e. The van der Waals surface area contributed by atoms with Crippen molar-refractivity contribution >= 4 is 22.7 Å². The summed E-state index contributed by atoms with van der Waals surface area (Å²) in [4.78, 5) is 8.71. The fourth-order valence-corrected chi connectivity index (χ4v) is 2.67. The van der Waals surface area contributed by atoms with E-state index in [0.29, 0.717) is 0 Å². The fourth-order valence-electron chi connectivity index (χ4n) is 2.67. The summed E-state index contributed by atoms with van der Waals surface area (Å²) in [5, 5.41) is 3.48. The topological polar surface area (TPSA) is 31.4 Å². The van der Waals surface area contributed by atoms with Crippen molar-refractivity contribution in [3.63, 3.8) is 0 Å². The van der Waals surface area contributed by atoms with E-state index in [2.05, 4.69) is 57.5 Å². The predicted molar refractivity (Wildman–Crippen MR) is 68.6 cm³/mol. The zero-order valence-electron chi connectivity index (χ0n) is 9.46. The Kier molecular flexibility index (Phi) is 1.52. The summed E-state index contributed by atoms with van der Waals surface area (Å²) in [6.45, 7) is 0. The van der Waals surface area contributed by atoms with Gasteiger partial charge in [-0.3, -0.25) is 9.88 Å². The van der Waals surface area contributed by atoms with Crippen molar-refractivity contribution in [3.05, 3.63) is 42.7 Å². The van der Waals surface area contributed by atoms with Gasteiger partial charge in [0.25, 0.3) is 0 Å². The van der Waals surface area contributed by atoms with Crippen LogP contribution in [0, 0.1) is 0 Å². The van der Waals surface area contributed by atoms with E-state index in [1.54, 1.807) is 0 Å². The standard InChI is InChI=1S/C13H12N4/c1-16-11-4-2-3-5-12(11)17-10-6-7-14-8-9(10)15-13(16)17/h2-8,13,15H,1H3. The lowest BCUT2D eigenvalue weighted by Crippen LogP contribution is -2.40. The van der Waals surface area contributed by atoms with Crippen molar-refractivity contribution in [2.75, 3.05) is 22.2 Å². The van der Waals surface area contributed by atoms with E-state index in [1.165, 1.54) is 17.1 Å². The Labute approximate surface area is 99.5 Å². The second kappa shape index (κ2) is 2.91. The highest BCUT2D eigenvalue weighted by atomic mass is 15.5. The predicted octanol–water partition coefficient (Wildman–Crippen LogP) is 2.38. The molecule has 0 radical (unpaired) electrons. The van der Waals surface area contributed by atoms with Crippen LogP contribution in [0.3, 0.4) is 0 Å². The van der Waals surface area contributed by atoms with Gasteiger partial charge in [-0.05, 0) is 18.2 Å². The van der Waals surface area contributed by atoms with E-state index in [1.807, 2.05) is 12.4 Å². The van der Waals surface area contributed by atoms with E-state index in [-0.39, 0.29) is 6.29 Å². The largest absolute Gasteiger partial charge is 0.345 e. The van der Waals surface area contributed by atoms with Crippen LogP contribution >= 0.6 is 0 Å². The maximum absolute atomic E-state index is 4.16. The number of benzene rings is 1. The number of nitrogens with one attached hydrogen (secondary N) is 1. The summed E-state index contributed by atoms with van der Waals surface area (Å²) in [6, 6.07) is 10.5. The molecule has 3 heterocycles. The highest BCUT2D eigenvalue weighted by Gasteiger charge is 2.39. The number of fused-ring (bicyclic) bond motifs is 5. The lowest BCUT2D eigenvalue weighted by Gasteiger charge is -2.23. The molecule has 4 rings (SSSR count). The molecule has 2 aromatic rings. The van der Waals surface area contributed by atoms with Gasteiger partial charge >= 0.3 is 0 Å². The number of para-hydroxylation sites is 2. The van der Waals surface area contributed by atoms with Gasteiger partial charge in [-0.2, -0.15) is 0 Å². The lowest BCUT2D eigenvalue weighted by molar-refractivity contribution is 0.777. The van der Waals surface area contributed by atoms with E-state index in [4.69, 9.17) is 0 Å². The van der Waals surface area contributed by atoms with Crippen molar-refractivity contribution in [3.8, 4) is 0 Å². The third kappa shape index (κ3) is 0.996. The normalized spacial score (nSPS) is 19.7. The van der Waals surface area contributed by atoms with Gasteiger partial charge in [0, 0.05) is 13.2 Å². The summed E-state index contributed by atoms with van der Waals surface area (Å²) in [5.74, 6) is 0. The highest BCUT2D eigenvalue weighted by molar-refractivity contribution is 5.92. The summed E-state index contributed by atoms with van der Waals surface area (Å²) >= 11 is 0. The molecular formula is C13H12N4. The highest BCUT2D eigenvalue weighted by Crippen LogP contribution is 2.49. The molecule has 1 aromatic carbocycles. The van der Waals surface area contributed by atoms with E-state index >= 15 is 0 Å². The molecule has 1 unspecified atom stereocenters. The zero-order chi connectivity index (χ0) is 11.4. The molecule has 1 N–H and O–H groups in total. The molecule has 0 bridgehead atoms. The van der Waals surface area contributed by atoms with Crippen molar-refractivity contribution in [1.29, 1.82) is 0 Å². The monoisotopic (exact) mass is 224 g/mol. The third-order valence-corrected chi connectivity index (χ3v) is 3.47. The number of aromatic nitrogens is 1. The quantitative estimate of drug-likeness (QED) is 0.744. The van der Waals surface area contributed by atoms with Gasteiger partial charge in [0.15, 0.2) is 6.29 Å². The maximum atomic E-state index is 4.16. The van der Waals surface area contributed by atoms with Gasteiger partial charge in [-0.15, -0.1) is 0 Å². The first kappa shape index (κ1) is 8.87. The number of nitrogens with zero attached hydrogens (tertiary/aromatic N) is 3. The molecule has 0 amide bonds. The molecular weight excluding hydrogens is 212 g/mol. The Balaban J connectivity index is 1.95. The van der Waals surface area contributed by atoms with Crippen molar-refractivity contribution < 1.29 is 0 Å². The summed E-state index contributed by atoms with van der Waals surface area (Å²) in [5.41, 5.74) is 4.80. The van der Waals surface area contributed by atoms with Crippen LogP contribution in [0.1, 0.15) is 0 Å². The Morgan fingerprint density at radius 2 is 1.94 bits per heavy atom. The number of hydrogen-bond donors (Lipinski definition) is 1. The molecule has 2 aliphatic heterocycles. The number of rotatable bonds is 0. The van der Waals surface area contributed by atoms with Crippen LogP contribution in [0.25, 0.3) is 0 Å². The van der Waals surface area contributed by atoms with Gasteiger partial charge in [-0.1, -0.05) is 12.1 Å². The van der Waals surface area contributed by atoms with Gasteiger partial charge in [-0.25, -0.2) is 0 Å². The first-order valence-corrected chi connectivity index (χ1v) is 5.68. The van der Waals surface area contributed by atoms with Gasteiger partial charge < -0.3 is 10.2 Å². The molecule has 0 saturated carbocycles. The zero-order valence-corrected chi connectivity index (χ0v) is 9.46. The van der Waals surface area contributed by atoms with Crippen LogP contribution in [0.5, 0.6) is 0 Å². The van der Waals surface area contributed by atoms with Crippen LogP contribution in [0.2, 0.25) is 0 Å². The molecule has 0 aliphatic carbocycles. The Morgan fingerprint density at radius 3 is 2.82 bits per heavy atom. The molecule has 2 aliphatic rings. The molecule has 0 fully saturated rings. The van der Waals surface area contributed by atoms with E-state index in [9.17, 15) is 0 Å². The molecule has 1 aromatic heterocycles. The fraction of sp³-hybridized carbons (Fsp3) is 0.154. The molecule has 4 heteroatoms. The van der Waals surface area contributed by atoms with Crippen LogP contribution in [0.15, 0.2) is 42.7 Å². The summed E-state index contributed by atoms with van der Waals surface area (Å²) in [7, 11) is 2.11. The van der Waals surface area contributed by atoms with E-state index in [0.717, 1.165) is 5.69 Å². The minimum Gasteiger partial charge on any atom is -0.345 e. The second-order valence-electron chi connectivity index (χ2n) is 4.38. The average Bonchev–Trinajstić information content (AvgIpc) is 2.88. The second-order valence-corrected chi connectivity index (χ2v) is 4.38. The van der Waals surface area contributed by atoms with Gasteiger partial charge in [0.1, 0.15) is 0 Å². The minimum atomic E-state index is 0.173. The Morgan fingerprint density at radius 1 is 1.12 bits per heavy atom.